The van der Waals surface area contributed by atoms with Crippen molar-refractivity contribution in [3.8, 4) is 5.75 Å². The van der Waals surface area contributed by atoms with Gasteiger partial charge in [-0.25, -0.2) is 0 Å². The summed E-state index contributed by atoms with van der Waals surface area (Å²) >= 11 is 0. The van der Waals surface area contributed by atoms with E-state index >= 15 is 0 Å². The Morgan fingerprint density at radius 2 is 1.76 bits per heavy atom. The monoisotopic (exact) mass is 232 g/mol. The maximum atomic E-state index is 6.13. The first-order valence-corrected chi connectivity index (χ1v) is 6.92. The summed E-state index contributed by atoms with van der Waals surface area (Å²) in [5, 5.41) is 0. The highest BCUT2D eigenvalue weighted by atomic mass is 16.5. The Labute approximate surface area is 105 Å². The van der Waals surface area contributed by atoms with Crippen molar-refractivity contribution < 1.29 is 4.74 Å². The highest BCUT2D eigenvalue weighted by Gasteiger charge is 2.30. The molecule has 94 valence electrons. The molecule has 0 spiro atoms. The third-order valence-corrected chi connectivity index (χ3v) is 4.09. The average molecular weight is 232 g/mol. The first kappa shape index (κ1) is 12.5. The summed E-state index contributed by atoms with van der Waals surface area (Å²) < 4.78 is 6.13. The second kappa shape index (κ2) is 5.12. The molecule has 1 aliphatic rings. The lowest BCUT2D eigenvalue weighted by Crippen LogP contribution is -2.27. The van der Waals surface area contributed by atoms with Crippen LogP contribution >= 0.6 is 0 Å². The van der Waals surface area contributed by atoms with Gasteiger partial charge in [0.15, 0.2) is 0 Å². The van der Waals surface area contributed by atoms with Gasteiger partial charge in [0.1, 0.15) is 11.4 Å². The van der Waals surface area contributed by atoms with Crippen molar-refractivity contribution >= 4 is 0 Å². The zero-order valence-electron chi connectivity index (χ0n) is 11.3. The van der Waals surface area contributed by atoms with Crippen LogP contribution in [-0.4, -0.2) is 5.60 Å². The molecule has 0 bridgehead atoms. The zero-order valence-corrected chi connectivity index (χ0v) is 11.3. The minimum Gasteiger partial charge on any atom is -0.488 e. The molecule has 0 aromatic heterocycles. The molecule has 1 fully saturated rings. The largest absolute Gasteiger partial charge is 0.488 e. The first-order valence-electron chi connectivity index (χ1n) is 6.92. The van der Waals surface area contributed by atoms with Crippen molar-refractivity contribution in [2.75, 3.05) is 0 Å². The summed E-state index contributed by atoms with van der Waals surface area (Å²) in [7, 11) is 0. The fraction of sp³-hybridized carbons (Fsp3) is 0.625. The summed E-state index contributed by atoms with van der Waals surface area (Å²) in [4.78, 5) is 0. The molecule has 1 atom stereocenters. The van der Waals surface area contributed by atoms with E-state index in [2.05, 4.69) is 45.0 Å². The van der Waals surface area contributed by atoms with E-state index < -0.39 is 0 Å². The quantitative estimate of drug-likeness (QED) is 0.716. The minimum absolute atomic E-state index is 0.0812. The van der Waals surface area contributed by atoms with Crippen LogP contribution in [0.2, 0.25) is 0 Å². The smallest absolute Gasteiger partial charge is 0.120 e. The lowest BCUT2D eigenvalue weighted by molar-refractivity contribution is 0.0968. The SMILES string of the molecule is CCC(C)c1ccc(OC2(C)CCCC2)cc1. The predicted molar refractivity (Wildman–Crippen MR) is 72.6 cm³/mol. The van der Waals surface area contributed by atoms with Crippen molar-refractivity contribution in [2.45, 2.75) is 64.4 Å². The molecule has 1 unspecified atom stereocenters. The van der Waals surface area contributed by atoms with Gasteiger partial charge < -0.3 is 4.74 Å². The molecule has 0 N–H and O–H groups in total. The van der Waals surface area contributed by atoms with Gasteiger partial charge in [-0.2, -0.15) is 0 Å². The normalized spacial score (nSPS) is 20.2. The summed E-state index contributed by atoms with van der Waals surface area (Å²) in [6, 6.07) is 8.68. The van der Waals surface area contributed by atoms with Crippen molar-refractivity contribution in [3.05, 3.63) is 29.8 Å². The third-order valence-electron chi connectivity index (χ3n) is 4.09. The van der Waals surface area contributed by atoms with Gasteiger partial charge in [0.2, 0.25) is 0 Å². The zero-order chi connectivity index (χ0) is 12.3. The number of ether oxygens (including phenoxy) is 1. The van der Waals surface area contributed by atoms with Gasteiger partial charge in [-0.15, -0.1) is 0 Å². The Hall–Kier alpha value is -0.980. The van der Waals surface area contributed by atoms with Crippen LogP contribution in [0.1, 0.15) is 64.4 Å². The number of benzene rings is 1. The molecule has 0 amide bonds. The van der Waals surface area contributed by atoms with E-state index in [4.69, 9.17) is 4.74 Å². The van der Waals surface area contributed by atoms with Crippen LogP contribution in [0.4, 0.5) is 0 Å². The molecule has 1 aliphatic carbocycles. The van der Waals surface area contributed by atoms with Crippen molar-refractivity contribution in [2.24, 2.45) is 0 Å². The highest BCUT2D eigenvalue weighted by molar-refractivity contribution is 5.29. The van der Waals surface area contributed by atoms with Crippen LogP contribution in [0.5, 0.6) is 5.75 Å². The Morgan fingerprint density at radius 1 is 1.18 bits per heavy atom. The minimum atomic E-state index is 0.0812. The van der Waals surface area contributed by atoms with Crippen molar-refractivity contribution in [1.82, 2.24) is 0 Å². The van der Waals surface area contributed by atoms with Crippen LogP contribution < -0.4 is 4.74 Å². The van der Waals surface area contributed by atoms with Crippen LogP contribution in [0.25, 0.3) is 0 Å². The van der Waals surface area contributed by atoms with Gasteiger partial charge in [0.05, 0.1) is 0 Å². The van der Waals surface area contributed by atoms with E-state index in [1.807, 2.05) is 0 Å². The summed E-state index contributed by atoms with van der Waals surface area (Å²) in [5.41, 5.74) is 1.49. The molecule has 1 heteroatoms. The maximum absolute atomic E-state index is 6.13. The van der Waals surface area contributed by atoms with Gasteiger partial charge in [-0.1, -0.05) is 26.0 Å². The number of hydrogen-bond donors (Lipinski definition) is 0. The van der Waals surface area contributed by atoms with E-state index in [0.29, 0.717) is 5.92 Å². The first-order chi connectivity index (χ1) is 8.13. The standard InChI is InChI=1S/C16H24O/c1-4-13(2)14-7-9-15(10-8-14)17-16(3)11-5-6-12-16/h7-10,13H,4-6,11-12H2,1-3H3. The molecular weight excluding hydrogens is 208 g/mol. The van der Waals surface area contributed by atoms with E-state index in [1.165, 1.54) is 37.7 Å². The molecule has 17 heavy (non-hydrogen) atoms. The summed E-state index contributed by atoms with van der Waals surface area (Å²) in [5.74, 6) is 1.67. The fourth-order valence-corrected chi connectivity index (χ4v) is 2.61. The fourth-order valence-electron chi connectivity index (χ4n) is 2.61. The average Bonchev–Trinajstić information content (AvgIpc) is 2.76. The van der Waals surface area contributed by atoms with Gasteiger partial charge in [-0.05, 0) is 62.6 Å². The van der Waals surface area contributed by atoms with Crippen molar-refractivity contribution in [3.63, 3.8) is 0 Å². The molecule has 1 saturated carbocycles. The number of rotatable bonds is 4. The van der Waals surface area contributed by atoms with Gasteiger partial charge in [0.25, 0.3) is 0 Å². The Balaban J connectivity index is 2.03. The lowest BCUT2D eigenvalue weighted by Gasteiger charge is -2.25. The molecule has 0 saturated heterocycles. The van der Waals surface area contributed by atoms with E-state index in [-0.39, 0.29) is 5.60 Å². The molecule has 0 radical (unpaired) electrons. The van der Waals surface area contributed by atoms with E-state index in [0.717, 1.165) is 5.75 Å². The Morgan fingerprint density at radius 3 is 2.29 bits per heavy atom. The highest BCUT2D eigenvalue weighted by Crippen LogP contribution is 2.34. The van der Waals surface area contributed by atoms with E-state index in [1.54, 1.807) is 0 Å². The molecule has 2 rings (SSSR count). The summed E-state index contributed by atoms with van der Waals surface area (Å²) in [6.45, 7) is 6.74. The summed E-state index contributed by atoms with van der Waals surface area (Å²) in [6.07, 6.45) is 6.20. The molecule has 0 aliphatic heterocycles. The van der Waals surface area contributed by atoms with Crippen LogP contribution in [0, 0.1) is 0 Å². The molecule has 1 aromatic rings. The topological polar surface area (TPSA) is 9.23 Å². The molecule has 1 nitrogen and oxygen atoms in total. The van der Waals surface area contributed by atoms with Crippen molar-refractivity contribution in [1.29, 1.82) is 0 Å². The molecular formula is C16H24O. The van der Waals surface area contributed by atoms with Crippen LogP contribution in [0.15, 0.2) is 24.3 Å². The Bertz CT molecular complexity index is 346. The Kier molecular flexibility index (Phi) is 3.76. The molecule has 1 aromatic carbocycles. The lowest BCUT2D eigenvalue weighted by atomic mass is 9.99. The molecule has 0 heterocycles. The van der Waals surface area contributed by atoms with Gasteiger partial charge in [-0.3, -0.25) is 0 Å². The second-order valence-corrected chi connectivity index (χ2v) is 5.64. The maximum Gasteiger partial charge on any atom is 0.120 e. The third kappa shape index (κ3) is 3.02. The second-order valence-electron chi connectivity index (χ2n) is 5.64. The van der Waals surface area contributed by atoms with Crippen LogP contribution in [-0.2, 0) is 0 Å². The van der Waals surface area contributed by atoms with Gasteiger partial charge >= 0.3 is 0 Å². The van der Waals surface area contributed by atoms with E-state index in [9.17, 15) is 0 Å². The predicted octanol–water partition coefficient (Wildman–Crippen LogP) is 4.91. The van der Waals surface area contributed by atoms with Gasteiger partial charge in [0, 0.05) is 0 Å². The van der Waals surface area contributed by atoms with Crippen LogP contribution in [0.3, 0.4) is 0 Å². The number of hydrogen-bond acceptors (Lipinski definition) is 1.